The number of carbonyl (C=O) groups excluding carboxylic acids is 2. The van der Waals surface area contributed by atoms with Crippen LogP contribution < -0.4 is 0 Å². The van der Waals surface area contributed by atoms with Crippen molar-refractivity contribution >= 4 is 11.8 Å². The summed E-state index contributed by atoms with van der Waals surface area (Å²) in [5.74, 6) is -1.94. The predicted octanol–water partition coefficient (Wildman–Crippen LogP) is 0.836. The fourth-order valence-electron chi connectivity index (χ4n) is 0.808. The SMILES string of the molecule is COC(=O)C(=O)[C@](C)(O)CC=C(C)C. The van der Waals surface area contributed by atoms with Crippen molar-refractivity contribution in [3.63, 3.8) is 0 Å². The second-order valence-electron chi connectivity index (χ2n) is 3.58. The molecule has 0 aromatic rings. The molecule has 0 saturated carbocycles. The lowest BCUT2D eigenvalue weighted by Gasteiger charge is -2.18. The van der Waals surface area contributed by atoms with Gasteiger partial charge in [0, 0.05) is 6.42 Å². The minimum atomic E-state index is -1.68. The molecule has 0 aliphatic carbocycles. The lowest BCUT2D eigenvalue weighted by Crippen LogP contribution is -2.40. The van der Waals surface area contributed by atoms with E-state index in [1.165, 1.54) is 6.92 Å². The Hall–Kier alpha value is -1.16. The average Bonchev–Trinajstić information content (AvgIpc) is 2.12. The third-order valence-electron chi connectivity index (χ3n) is 1.77. The number of hydrogen-bond acceptors (Lipinski definition) is 4. The molecule has 0 heterocycles. The van der Waals surface area contributed by atoms with Gasteiger partial charge in [-0.3, -0.25) is 4.79 Å². The Balaban J connectivity index is 4.54. The van der Waals surface area contributed by atoms with Crippen LogP contribution in [0.25, 0.3) is 0 Å². The van der Waals surface area contributed by atoms with Gasteiger partial charge in [0.05, 0.1) is 7.11 Å². The summed E-state index contributed by atoms with van der Waals surface area (Å²) in [6.45, 7) is 4.99. The highest BCUT2D eigenvalue weighted by Gasteiger charge is 2.35. The number of esters is 1. The van der Waals surface area contributed by atoms with Crippen LogP contribution in [0.1, 0.15) is 27.2 Å². The standard InChI is InChI=1S/C10H16O4/c1-7(2)5-6-10(3,13)8(11)9(12)14-4/h5,13H,6H2,1-4H3/t10-/m1/s1. The first-order valence-corrected chi connectivity index (χ1v) is 4.29. The van der Waals surface area contributed by atoms with Gasteiger partial charge in [-0.25, -0.2) is 4.79 Å². The normalized spacial score (nSPS) is 14.1. The molecule has 4 heteroatoms. The number of carbonyl (C=O) groups is 2. The molecule has 0 aliphatic rings. The summed E-state index contributed by atoms with van der Waals surface area (Å²) in [7, 11) is 1.11. The fraction of sp³-hybridized carbons (Fsp3) is 0.600. The Kier molecular flexibility index (Phi) is 4.50. The van der Waals surface area contributed by atoms with Gasteiger partial charge in [0.2, 0.25) is 0 Å². The zero-order valence-electron chi connectivity index (χ0n) is 8.96. The molecule has 80 valence electrons. The second-order valence-corrected chi connectivity index (χ2v) is 3.58. The lowest BCUT2D eigenvalue weighted by atomic mass is 9.96. The van der Waals surface area contributed by atoms with Gasteiger partial charge in [0.25, 0.3) is 5.78 Å². The van der Waals surface area contributed by atoms with Crippen LogP contribution in [0.5, 0.6) is 0 Å². The number of aliphatic hydroxyl groups is 1. The maximum atomic E-state index is 11.3. The van der Waals surface area contributed by atoms with Crippen LogP contribution >= 0.6 is 0 Å². The second kappa shape index (κ2) is 4.91. The van der Waals surface area contributed by atoms with E-state index in [4.69, 9.17) is 0 Å². The van der Waals surface area contributed by atoms with Gasteiger partial charge >= 0.3 is 5.97 Å². The fourth-order valence-corrected chi connectivity index (χ4v) is 0.808. The Morgan fingerprint density at radius 1 is 1.43 bits per heavy atom. The number of ketones is 1. The number of allylic oxidation sites excluding steroid dienone is 1. The van der Waals surface area contributed by atoms with E-state index < -0.39 is 17.4 Å². The molecule has 0 amide bonds. The van der Waals surface area contributed by atoms with Crippen LogP contribution in [-0.2, 0) is 14.3 Å². The molecule has 0 fully saturated rings. The van der Waals surface area contributed by atoms with E-state index in [0.29, 0.717) is 0 Å². The molecule has 0 aromatic carbocycles. The molecule has 0 aliphatic heterocycles. The Labute approximate surface area is 83.6 Å². The minimum Gasteiger partial charge on any atom is -0.463 e. The van der Waals surface area contributed by atoms with Gasteiger partial charge in [-0.15, -0.1) is 0 Å². The molecule has 1 atom stereocenters. The quantitative estimate of drug-likeness (QED) is 0.415. The zero-order valence-corrected chi connectivity index (χ0v) is 8.96. The number of Topliss-reactive ketones (excluding diaryl/α,β-unsaturated/α-hetero) is 1. The predicted molar refractivity (Wildman–Crippen MR) is 51.7 cm³/mol. The number of rotatable bonds is 4. The van der Waals surface area contributed by atoms with Gasteiger partial charge in [-0.2, -0.15) is 0 Å². The number of ether oxygens (including phenoxy) is 1. The lowest BCUT2D eigenvalue weighted by molar-refractivity contribution is -0.159. The molecule has 0 spiro atoms. The Morgan fingerprint density at radius 2 is 1.93 bits per heavy atom. The molecule has 0 aromatic heterocycles. The van der Waals surface area contributed by atoms with E-state index in [2.05, 4.69) is 4.74 Å². The monoisotopic (exact) mass is 200 g/mol. The molecule has 0 rings (SSSR count). The number of methoxy groups -OCH3 is 1. The Morgan fingerprint density at radius 3 is 2.29 bits per heavy atom. The number of hydrogen-bond donors (Lipinski definition) is 1. The van der Waals surface area contributed by atoms with Crippen molar-refractivity contribution in [3.05, 3.63) is 11.6 Å². The van der Waals surface area contributed by atoms with E-state index in [9.17, 15) is 14.7 Å². The van der Waals surface area contributed by atoms with Crippen molar-refractivity contribution in [2.45, 2.75) is 32.8 Å². The van der Waals surface area contributed by atoms with Gasteiger partial charge < -0.3 is 9.84 Å². The topological polar surface area (TPSA) is 63.6 Å². The van der Waals surface area contributed by atoms with Crippen LogP contribution in [0.15, 0.2) is 11.6 Å². The maximum Gasteiger partial charge on any atom is 0.377 e. The van der Waals surface area contributed by atoms with E-state index in [1.807, 2.05) is 13.8 Å². The van der Waals surface area contributed by atoms with Crippen LogP contribution in [0.3, 0.4) is 0 Å². The maximum absolute atomic E-state index is 11.3. The van der Waals surface area contributed by atoms with E-state index in [1.54, 1.807) is 6.08 Å². The van der Waals surface area contributed by atoms with Gasteiger partial charge in [0.1, 0.15) is 5.60 Å². The molecule has 0 radical (unpaired) electrons. The summed E-state index contributed by atoms with van der Waals surface area (Å²) < 4.78 is 4.24. The van der Waals surface area contributed by atoms with E-state index in [0.717, 1.165) is 12.7 Å². The van der Waals surface area contributed by atoms with Crippen LogP contribution in [0, 0.1) is 0 Å². The summed E-state index contributed by atoms with van der Waals surface area (Å²) >= 11 is 0. The molecule has 0 saturated heterocycles. The largest absolute Gasteiger partial charge is 0.463 e. The summed E-state index contributed by atoms with van der Waals surface area (Å²) in [6.07, 6.45) is 1.81. The summed E-state index contributed by atoms with van der Waals surface area (Å²) in [4.78, 5) is 22.1. The van der Waals surface area contributed by atoms with Crippen molar-refractivity contribution in [2.24, 2.45) is 0 Å². The average molecular weight is 200 g/mol. The van der Waals surface area contributed by atoms with Crippen LogP contribution in [0.2, 0.25) is 0 Å². The van der Waals surface area contributed by atoms with Crippen molar-refractivity contribution in [2.75, 3.05) is 7.11 Å². The minimum absolute atomic E-state index is 0.114. The molecule has 0 unspecified atom stereocenters. The van der Waals surface area contributed by atoms with Gasteiger partial charge in [-0.05, 0) is 20.8 Å². The van der Waals surface area contributed by atoms with Crippen molar-refractivity contribution in [1.29, 1.82) is 0 Å². The third-order valence-corrected chi connectivity index (χ3v) is 1.77. The molecule has 14 heavy (non-hydrogen) atoms. The molecular formula is C10H16O4. The first-order chi connectivity index (χ1) is 6.31. The molecular weight excluding hydrogens is 184 g/mol. The highest BCUT2D eigenvalue weighted by atomic mass is 16.5. The van der Waals surface area contributed by atoms with Crippen molar-refractivity contribution < 1.29 is 19.4 Å². The molecule has 4 nitrogen and oxygen atoms in total. The molecule has 0 bridgehead atoms. The third kappa shape index (κ3) is 3.70. The first kappa shape index (κ1) is 12.8. The van der Waals surface area contributed by atoms with Crippen molar-refractivity contribution in [1.82, 2.24) is 0 Å². The highest BCUT2D eigenvalue weighted by Crippen LogP contribution is 2.13. The van der Waals surface area contributed by atoms with Crippen LogP contribution in [-0.4, -0.2) is 29.6 Å². The van der Waals surface area contributed by atoms with Gasteiger partial charge in [0.15, 0.2) is 0 Å². The molecule has 1 N–H and O–H groups in total. The van der Waals surface area contributed by atoms with Crippen molar-refractivity contribution in [3.8, 4) is 0 Å². The summed E-state index contributed by atoms with van der Waals surface area (Å²) in [6, 6.07) is 0. The smallest absolute Gasteiger partial charge is 0.377 e. The van der Waals surface area contributed by atoms with E-state index in [-0.39, 0.29) is 6.42 Å². The van der Waals surface area contributed by atoms with Crippen LogP contribution in [0.4, 0.5) is 0 Å². The Bertz CT molecular complexity index is 259. The zero-order chi connectivity index (χ0) is 11.4. The summed E-state index contributed by atoms with van der Waals surface area (Å²) in [5, 5.41) is 9.64. The van der Waals surface area contributed by atoms with Gasteiger partial charge in [-0.1, -0.05) is 11.6 Å². The van der Waals surface area contributed by atoms with E-state index >= 15 is 0 Å². The highest BCUT2D eigenvalue weighted by molar-refractivity contribution is 6.36. The first-order valence-electron chi connectivity index (χ1n) is 4.29. The summed E-state index contributed by atoms with van der Waals surface area (Å²) in [5.41, 5.74) is -0.701.